The zero-order chi connectivity index (χ0) is 11.5. The van der Waals surface area contributed by atoms with Crippen molar-refractivity contribution in [1.29, 1.82) is 0 Å². The molecule has 0 atom stereocenters. The van der Waals surface area contributed by atoms with Crippen LogP contribution in [0.4, 0.5) is 5.69 Å². The summed E-state index contributed by atoms with van der Waals surface area (Å²) in [5.74, 6) is -0.787. The number of aryl methyl sites for hydroxylation is 1. The Labute approximate surface area is 93.3 Å². The van der Waals surface area contributed by atoms with E-state index in [9.17, 15) is 4.79 Å². The van der Waals surface area contributed by atoms with Crippen molar-refractivity contribution in [2.75, 3.05) is 11.9 Å². The Balaban J connectivity index is 2.21. The molecule has 4 heteroatoms. The molecule has 84 valence electrons. The molecule has 1 aromatic carbocycles. The summed E-state index contributed by atoms with van der Waals surface area (Å²) < 4.78 is 0. The van der Waals surface area contributed by atoms with E-state index in [0.29, 0.717) is 6.54 Å². The summed E-state index contributed by atoms with van der Waals surface area (Å²) in [5, 5.41) is 12.8. The van der Waals surface area contributed by atoms with Crippen LogP contribution >= 0.6 is 0 Å². The van der Waals surface area contributed by atoms with Crippen LogP contribution in [0.5, 0.6) is 0 Å². The van der Waals surface area contributed by atoms with Crippen LogP contribution in [-0.2, 0) is 4.79 Å². The SMILES string of the molecule is Cc1ccc(NCCC(=O)O)c2cc[nH]c12. The van der Waals surface area contributed by atoms with Crippen molar-refractivity contribution < 1.29 is 9.90 Å². The Hall–Kier alpha value is -1.97. The van der Waals surface area contributed by atoms with Gasteiger partial charge in [0.2, 0.25) is 0 Å². The zero-order valence-electron chi connectivity index (χ0n) is 9.08. The quantitative estimate of drug-likeness (QED) is 0.738. The molecule has 0 aliphatic heterocycles. The molecule has 4 nitrogen and oxygen atoms in total. The molecule has 2 rings (SSSR count). The number of hydrogen-bond donors (Lipinski definition) is 3. The van der Waals surface area contributed by atoms with Crippen LogP contribution in [0.1, 0.15) is 12.0 Å². The summed E-state index contributed by atoms with van der Waals surface area (Å²) in [4.78, 5) is 13.6. The third-order valence-corrected chi connectivity index (χ3v) is 2.59. The number of carbonyl (C=O) groups is 1. The number of benzene rings is 1. The van der Waals surface area contributed by atoms with Gasteiger partial charge in [-0.1, -0.05) is 6.07 Å². The molecule has 0 saturated heterocycles. The molecular weight excluding hydrogens is 204 g/mol. The zero-order valence-corrected chi connectivity index (χ0v) is 9.08. The van der Waals surface area contributed by atoms with E-state index < -0.39 is 5.97 Å². The summed E-state index contributed by atoms with van der Waals surface area (Å²) >= 11 is 0. The van der Waals surface area contributed by atoms with Gasteiger partial charge in [0.1, 0.15) is 0 Å². The molecule has 0 saturated carbocycles. The van der Waals surface area contributed by atoms with Crippen molar-refractivity contribution in [1.82, 2.24) is 4.98 Å². The number of aromatic amines is 1. The smallest absolute Gasteiger partial charge is 0.305 e. The molecule has 0 aliphatic carbocycles. The lowest BCUT2D eigenvalue weighted by atomic mass is 10.1. The minimum Gasteiger partial charge on any atom is -0.481 e. The first kappa shape index (κ1) is 10.5. The Morgan fingerprint density at radius 1 is 1.44 bits per heavy atom. The van der Waals surface area contributed by atoms with Gasteiger partial charge in [-0.25, -0.2) is 0 Å². The van der Waals surface area contributed by atoms with Crippen molar-refractivity contribution in [3.8, 4) is 0 Å². The van der Waals surface area contributed by atoms with Gasteiger partial charge in [-0.3, -0.25) is 4.79 Å². The number of anilines is 1. The van der Waals surface area contributed by atoms with E-state index in [0.717, 1.165) is 16.6 Å². The van der Waals surface area contributed by atoms with Gasteiger partial charge in [0.05, 0.1) is 11.9 Å². The monoisotopic (exact) mass is 218 g/mol. The van der Waals surface area contributed by atoms with E-state index in [1.165, 1.54) is 5.56 Å². The average molecular weight is 218 g/mol. The Morgan fingerprint density at radius 2 is 2.25 bits per heavy atom. The van der Waals surface area contributed by atoms with Crippen LogP contribution in [-0.4, -0.2) is 22.6 Å². The molecule has 2 aromatic rings. The van der Waals surface area contributed by atoms with Crippen LogP contribution in [0.25, 0.3) is 10.9 Å². The van der Waals surface area contributed by atoms with Crippen molar-refractivity contribution in [3.05, 3.63) is 30.0 Å². The van der Waals surface area contributed by atoms with E-state index in [-0.39, 0.29) is 6.42 Å². The molecule has 0 amide bonds. The standard InChI is InChI=1S/C12H14N2O2/c1-8-2-3-10(13-7-5-11(15)16)9-4-6-14-12(8)9/h2-4,6,13-14H,5,7H2,1H3,(H,15,16). The molecule has 0 radical (unpaired) electrons. The van der Waals surface area contributed by atoms with Crippen molar-refractivity contribution in [2.45, 2.75) is 13.3 Å². The topological polar surface area (TPSA) is 65.1 Å². The molecule has 1 aromatic heterocycles. The minimum atomic E-state index is -0.787. The Bertz CT molecular complexity index is 517. The maximum atomic E-state index is 10.4. The van der Waals surface area contributed by atoms with E-state index in [2.05, 4.69) is 10.3 Å². The van der Waals surface area contributed by atoms with Crippen molar-refractivity contribution in [3.63, 3.8) is 0 Å². The molecular formula is C12H14N2O2. The summed E-state index contributed by atoms with van der Waals surface area (Å²) in [5.41, 5.74) is 3.26. The molecule has 1 heterocycles. The van der Waals surface area contributed by atoms with E-state index >= 15 is 0 Å². The van der Waals surface area contributed by atoms with E-state index in [1.54, 1.807) is 0 Å². The number of aromatic nitrogens is 1. The van der Waals surface area contributed by atoms with Gasteiger partial charge < -0.3 is 15.4 Å². The first-order valence-electron chi connectivity index (χ1n) is 5.21. The number of H-pyrrole nitrogens is 1. The van der Waals surface area contributed by atoms with Crippen LogP contribution in [0.3, 0.4) is 0 Å². The number of carboxylic acids is 1. The summed E-state index contributed by atoms with van der Waals surface area (Å²) in [7, 11) is 0. The average Bonchev–Trinajstić information content (AvgIpc) is 2.70. The van der Waals surface area contributed by atoms with E-state index in [4.69, 9.17) is 5.11 Å². The maximum absolute atomic E-state index is 10.4. The van der Waals surface area contributed by atoms with Gasteiger partial charge in [-0.15, -0.1) is 0 Å². The van der Waals surface area contributed by atoms with Gasteiger partial charge >= 0.3 is 5.97 Å². The predicted octanol–water partition coefficient (Wildman–Crippen LogP) is 2.36. The predicted molar refractivity (Wildman–Crippen MR) is 63.8 cm³/mol. The lowest BCUT2D eigenvalue weighted by Crippen LogP contribution is -2.07. The van der Waals surface area contributed by atoms with Gasteiger partial charge in [0.25, 0.3) is 0 Å². The number of nitrogens with one attached hydrogen (secondary N) is 2. The molecule has 0 aliphatic rings. The lowest BCUT2D eigenvalue weighted by molar-refractivity contribution is -0.136. The number of hydrogen-bond acceptors (Lipinski definition) is 2. The highest BCUT2D eigenvalue weighted by Crippen LogP contribution is 2.25. The summed E-state index contributed by atoms with van der Waals surface area (Å²) in [6.07, 6.45) is 2.01. The molecule has 16 heavy (non-hydrogen) atoms. The maximum Gasteiger partial charge on any atom is 0.305 e. The fraction of sp³-hybridized carbons (Fsp3) is 0.250. The van der Waals surface area contributed by atoms with Crippen molar-refractivity contribution in [2.24, 2.45) is 0 Å². The second kappa shape index (κ2) is 4.26. The molecule has 0 unspecified atom stereocenters. The largest absolute Gasteiger partial charge is 0.481 e. The molecule has 3 N–H and O–H groups in total. The number of aliphatic carboxylic acids is 1. The number of fused-ring (bicyclic) bond motifs is 1. The highest BCUT2D eigenvalue weighted by atomic mass is 16.4. The first-order chi connectivity index (χ1) is 7.68. The molecule has 0 spiro atoms. The fourth-order valence-corrected chi connectivity index (χ4v) is 1.76. The van der Waals surface area contributed by atoms with Gasteiger partial charge in [0.15, 0.2) is 0 Å². The second-order valence-electron chi connectivity index (χ2n) is 3.77. The number of carboxylic acid groups (broad SMARTS) is 1. The third kappa shape index (κ3) is 2.00. The van der Waals surface area contributed by atoms with Gasteiger partial charge in [0, 0.05) is 23.8 Å². The van der Waals surface area contributed by atoms with Crippen LogP contribution in [0.15, 0.2) is 24.4 Å². The molecule has 0 bridgehead atoms. The van der Waals surface area contributed by atoms with Crippen molar-refractivity contribution >= 4 is 22.6 Å². The summed E-state index contributed by atoms with van der Waals surface area (Å²) in [6, 6.07) is 5.99. The summed E-state index contributed by atoms with van der Waals surface area (Å²) in [6.45, 7) is 2.48. The highest BCUT2D eigenvalue weighted by Gasteiger charge is 2.04. The van der Waals surface area contributed by atoms with Gasteiger partial charge in [-0.2, -0.15) is 0 Å². The van der Waals surface area contributed by atoms with E-state index in [1.807, 2.05) is 31.3 Å². The first-order valence-corrected chi connectivity index (χ1v) is 5.21. The normalized spacial score (nSPS) is 10.6. The lowest BCUT2D eigenvalue weighted by Gasteiger charge is -2.07. The Morgan fingerprint density at radius 3 is 3.00 bits per heavy atom. The Kier molecular flexibility index (Phi) is 2.81. The fourth-order valence-electron chi connectivity index (χ4n) is 1.76. The van der Waals surface area contributed by atoms with Crippen LogP contribution in [0.2, 0.25) is 0 Å². The highest BCUT2D eigenvalue weighted by molar-refractivity contribution is 5.94. The van der Waals surface area contributed by atoms with Crippen LogP contribution < -0.4 is 5.32 Å². The number of rotatable bonds is 4. The van der Waals surface area contributed by atoms with Gasteiger partial charge in [-0.05, 0) is 24.6 Å². The van der Waals surface area contributed by atoms with Crippen LogP contribution in [0, 0.1) is 6.92 Å². The molecule has 0 fully saturated rings. The third-order valence-electron chi connectivity index (χ3n) is 2.59. The minimum absolute atomic E-state index is 0.125. The second-order valence-corrected chi connectivity index (χ2v) is 3.77.